The highest BCUT2D eigenvalue weighted by atomic mass is 35.5. The molecule has 1 aromatic heterocycles. The number of halogens is 3. The number of pyridine rings is 1. The van der Waals surface area contributed by atoms with Crippen LogP contribution in [-0.4, -0.2) is 10.9 Å². The third kappa shape index (κ3) is 2.32. The van der Waals surface area contributed by atoms with Crippen LogP contribution in [0.1, 0.15) is 12.0 Å². The van der Waals surface area contributed by atoms with Crippen molar-refractivity contribution in [2.45, 2.75) is 12.8 Å². The van der Waals surface area contributed by atoms with Crippen molar-refractivity contribution < 1.29 is 4.39 Å². The minimum atomic E-state index is -0.493. The second kappa shape index (κ2) is 4.63. The lowest BCUT2D eigenvalue weighted by molar-refractivity contribution is 0.565. The smallest absolute Gasteiger partial charge is 0.217 e. The Kier molecular flexibility index (Phi) is 3.76. The Morgan fingerprint density at radius 3 is 2.83 bits per heavy atom. The van der Waals surface area contributed by atoms with E-state index in [4.69, 9.17) is 23.2 Å². The van der Waals surface area contributed by atoms with Crippen molar-refractivity contribution >= 4 is 23.2 Å². The maximum absolute atomic E-state index is 12.9. The Hall–Kier alpha value is -0.340. The fourth-order valence-corrected chi connectivity index (χ4v) is 1.27. The Morgan fingerprint density at radius 2 is 2.25 bits per heavy atom. The molecule has 0 unspecified atom stereocenters. The van der Waals surface area contributed by atoms with Crippen LogP contribution in [0.15, 0.2) is 12.3 Å². The minimum Gasteiger partial charge on any atom is -0.228 e. The van der Waals surface area contributed by atoms with Crippen molar-refractivity contribution in [2.24, 2.45) is 0 Å². The number of hydrogen-bond acceptors (Lipinski definition) is 1. The van der Waals surface area contributed by atoms with Crippen molar-refractivity contribution in [3.8, 4) is 0 Å². The van der Waals surface area contributed by atoms with Crippen molar-refractivity contribution in [1.29, 1.82) is 0 Å². The lowest BCUT2D eigenvalue weighted by Gasteiger charge is -2.02. The van der Waals surface area contributed by atoms with Crippen molar-refractivity contribution in [3.63, 3.8) is 0 Å². The highest BCUT2D eigenvalue weighted by Crippen LogP contribution is 2.18. The van der Waals surface area contributed by atoms with Gasteiger partial charge in [0, 0.05) is 22.7 Å². The van der Waals surface area contributed by atoms with Gasteiger partial charge >= 0.3 is 0 Å². The predicted molar refractivity (Wildman–Crippen MR) is 48.2 cm³/mol. The lowest BCUT2D eigenvalue weighted by Crippen LogP contribution is -1.95. The third-order valence-electron chi connectivity index (χ3n) is 1.51. The van der Waals surface area contributed by atoms with E-state index in [0.29, 0.717) is 29.3 Å². The molecule has 0 saturated carbocycles. The second-order valence-electron chi connectivity index (χ2n) is 2.35. The molecule has 0 spiro atoms. The molecule has 4 heteroatoms. The summed E-state index contributed by atoms with van der Waals surface area (Å²) in [5.74, 6) is 0.0117. The Labute approximate surface area is 80.5 Å². The molecule has 0 saturated heterocycles. The number of nitrogens with zero attached hydrogens (tertiary/aromatic N) is 1. The predicted octanol–water partition coefficient (Wildman–Crippen LogP) is 3.05. The van der Waals surface area contributed by atoms with Gasteiger partial charge in [0.25, 0.3) is 0 Å². The zero-order valence-electron chi connectivity index (χ0n) is 6.36. The van der Waals surface area contributed by atoms with E-state index in [-0.39, 0.29) is 0 Å². The van der Waals surface area contributed by atoms with Crippen molar-refractivity contribution in [2.75, 3.05) is 5.88 Å². The summed E-state index contributed by atoms with van der Waals surface area (Å²) in [5, 5.41) is 0.424. The monoisotopic (exact) mass is 207 g/mol. The minimum absolute atomic E-state index is 0.424. The van der Waals surface area contributed by atoms with E-state index in [1.807, 2.05) is 0 Å². The quantitative estimate of drug-likeness (QED) is 0.549. The summed E-state index contributed by atoms with van der Waals surface area (Å²) in [6, 6.07) is 1.58. The molecule has 0 aliphatic rings. The largest absolute Gasteiger partial charge is 0.228 e. The van der Waals surface area contributed by atoms with Gasteiger partial charge in [-0.3, -0.25) is 0 Å². The van der Waals surface area contributed by atoms with Crippen molar-refractivity contribution in [1.82, 2.24) is 4.98 Å². The van der Waals surface area contributed by atoms with Gasteiger partial charge < -0.3 is 0 Å². The van der Waals surface area contributed by atoms with Crippen LogP contribution in [0.4, 0.5) is 4.39 Å². The van der Waals surface area contributed by atoms with E-state index in [9.17, 15) is 4.39 Å². The Morgan fingerprint density at radius 1 is 1.50 bits per heavy atom. The molecule has 0 N–H and O–H groups in total. The van der Waals surface area contributed by atoms with Crippen LogP contribution in [0, 0.1) is 5.95 Å². The van der Waals surface area contributed by atoms with E-state index >= 15 is 0 Å². The molecule has 1 nitrogen and oxygen atoms in total. The molecule has 0 aliphatic carbocycles. The summed E-state index contributed by atoms with van der Waals surface area (Å²) < 4.78 is 12.9. The second-order valence-corrected chi connectivity index (χ2v) is 3.14. The van der Waals surface area contributed by atoms with Crippen LogP contribution < -0.4 is 0 Å². The topological polar surface area (TPSA) is 12.9 Å². The van der Waals surface area contributed by atoms with Gasteiger partial charge in [-0.25, -0.2) is 4.98 Å². The van der Waals surface area contributed by atoms with E-state index < -0.39 is 5.95 Å². The van der Waals surface area contributed by atoms with E-state index in [1.165, 1.54) is 6.20 Å². The molecule has 0 fully saturated rings. The first kappa shape index (κ1) is 9.75. The molecule has 66 valence electrons. The summed E-state index contributed by atoms with van der Waals surface area (Å²) in [4.78, 5) is 3.50. The van der Waals surface area contributed by atoms with E-state index in [1.54, 1.807) is 6.07 Å². The molecular formula is C8H8Cl2FN. The zero-order valence-corrected chi connectivity index (χ0v) is 7.87. The average molecular weight is 208 g/mol. The molecule has 12 heavy (non-hydrogen) atoms. The molecule has 0 aliphatic heterocycles. The lowest BCUT2D eigenvalue weighted by atomic mass is 10.2. The molecule has 1 rings (SSSR count). The van der Waals surface area contributed by atoms with Gasteiger partial charge in [-0.2, -0.15) is 4.39 Å². The normalized spacial score (nSPS) is 10.2. The van der Waals surface area contributed by atoms with E-state index in [2.05, 4.69) is 4.98 Å². The number of rotatable bonds is 3. The number of hydrogen-bond donors (Lipinski definition) is 0. The van der Waals surface area contributed by atoms with Crippen LogP contribution in [0.2, 0.25) is 5.02 Å². The first-order valence-electron chi connectivity index (χ1n) is 3.60. The van der Waals surface area contributed by atoms with Crippen LogP contribution in [-0.2, 0) is 6.42 Å². The fraction of sp³-hybridized carbons (Fsp3) is 0.375. The van der Waals surface area contributed by atoms with Gasteiger partial charge in [-0.05, 0) is 18.9 Å². The summed E-state index contributed by atoms with van der Waals surface area (Å²) in [7, 11) is 0. The van der Waals surface area contributed by atoms with Gasteiger partial charge in [0.05, 0.1) is 0 Å². The molecule has 0 bridgehead atoms. The maximum atomic E-state index is 12.9. The molecule has 1 aromatic rings. The molecule has 1 heterocycles. The van der Waals surface area contributed by atoms with Crippen LogP contribution in [0.3, 0.4) is 0 Å². The average Bonchev–Trinajstić information content (AvgIpc) is 2.04. The van der Waals surface area contributed by atoms with Gasteiger partial charge in [0.1, 0.15) is 0 Å². The number of aromatic nitrogens is 1. The highest BCUT2D eigenvalue weighted by Gasteiger charge is 2.06. The van der Waals surface area contributed by atoms with E-state index in [0.717, 1.165) is 0 Å². The van der Waals surface area contributed by atoms with Crippen molar-refractivity contribution in [3.05, 3.63) is 28.8 Å². The summed E-state index contributed by atoms with van der Waals surface area (Å²) in [5.41, 5.74) is 0.458. The maximum Gasteiger partial charge on any atom is 0.217 e. The zero-order chi connectivity index (χ0) is 8.97. The van der Waals surface area contributed by atoms with Gasteiger partial charge in [0.2, 0.25) is 5.95 Å². The molecule has 0 radical (unpaired) electrons. The summed E-state index contributed by atoms with van der Waals surface area (Å²) in [6.45, 7) is 0. The highest BCUT2D eigenvalue weighted by molar-refractivity contribution is 6.31. The van der Waals surface area contributed by atoms with Gasteiger partial charge in [-0.1, -0.05) is 11.6 Å². The Balaban J connectivity index is 2.81. The molecule has 0 atom stereocenters. The number of alkyl halides is 1. The van der Waals surface area contributed by atoms with Gasteiger partial charge in [-0.15, -0.1) is 11.6 Å². The van der Waals surface area contributed by atoms with Crippen LogP contribution >= 0.6 is 23.2 Å². The summed E-state index contributed by atoms with van der Waals surface area (Å²) >= 11 is 11.2. The SMILES string of the molecule is Fc1nccc(Cl)c1CCCCl. The van der Waals surface area contributed by atoms with Gasteiger partial charge in [0.15, 0.2) is 0 Å². The Bertz CT molecular complexity index is 245. The third-order valence-corrected chi connectivity index (χ3v) is 2.13. The summed E-state index contributed by atoms with van der Waals surface area (Å²) in [6.07, 6.45) is 2.60. The molecular weight excluding hydrogens is 200 g/mol. The molecule has 0 aromatic carbocycles. The molecule has 0 amide bonds. The first-order valence-corrected chi connectivity index (χ1v) is 4.52. The van der Waals surface area contributed by atoms with Crippen LogP contribution in [0.5, 0.6) is 0 Å². The van der Waals surface area contributed by atoms with Crippen LogP contribution in [0.25, 0.3) is 0 Å². The standard InChI is InChI=1S/C8H8Cl2FN/c9-4-1-2-6-7(10)3-5-12-8(6)11/h3,5H,1-2,4H2. The first-order chi connectivity index (χ1) is 5.75. The fourth-order valence-electron chi connectivity index (χ4n) is 0.911.